The Balaban J connectivity index is 2.23. The van der Waals surface area contributed by atoms with Crippen LogP contribution >= 0.6 is 0 Å². The van der Waals surface area contributed by atoms with Gasteiger partial charge in [0.25, 0.3) is 0 Å². The zero-order chi connectivity index (χ0) is 19.5. The molecule has 2 aromatic carbocycles. The molecule has 2 rings (SSSR count). The number of benzene rings is 2. The van der Waals surface area contributed by atoms with Gasteiger partial charge in [-0.05, 0) is 49.6 Å². The fourth-order valence-corrected chi connectivity index (χ4v) is 3.87. The average Bonchev–Trinajstić information content (AvgIpc) is 2.56. The summed E-state index contributed by atoms with van der Waals surface area (Å²) in [5.41, 5.74) is 3.30. The van der Waals surface area contributed by atoms with Crippen molar-refractivity contribution in [2.45, 2.75) is 39.7 Å². The number of hydrogen-bond acceptors (Lipinski definition) is 3. The van der Waals surface area contributed by atoms with Gasteiger partial charge in [-0.25, -0.2) is 8.42 Å². The molecule has 1 amide bonds. The Morgan fingerprint density at radius 3 is 1.96 bits per heavy atom. The number of carbonyl (C=O) groups excluding carboxylic acids is 1. The van der Waals surface area contributed by atoms with Crippen LogP contribution in [0.25, 0.3) is 0 Å². The molecule has 26 heavy (non-hydrogen) atoms. The molecule has 5 nitrogen and oxygen atoms in total. The van der Waals surface area contributed by atoms with Gasteiger partial charge in [0.05, 0.1) is 11.9 Å². The zero-order valence-electron chi connectivity index (χ0n) is 15.9. The van der Waals surface area contributed by atoms with E-state index in [0.717, 1.165) is 16.1 Å². The van der Waals surface area contributed by atoms with E-state index in [1.807, 2.05) is 43.3 Å². The van der Waals surface area contributed by atoms with Crippen LogP contribution in [0.4, 0.5) is 11.4 Å². The van der Waals surface area contributed by atoms with Crippen LogP contribution in [0.2, 0.25) is 0 Å². The monoisotopic (exact) mass is 374 g/mol. The fraction of sp³-hybridized carbons (Fsp3) is 0.350. The average molecular weight is 375 g/mol. The molecule has 2 aromatic rings. The molecular formula is C20H26N2O3S. The van der Waals surface area contributed by atoms with E-state index in [0.29, 0.717) is 17.3 Å². The van der Waals surface area contributed by atoms with Crippen molar-refractivity contribution < 1.29 is 13.2 Å². The third kappa shape index (κ3) is 4.85. The molecule has 0 aliphatic carbocycles. The Bertz CT molecular complexity index is 857. The second kappa shape index (κ2) is 7.91. The predicted octanol–water partition coefficient (Wildman–Crippen LogP) is 3.91. The maximum atomic E-state index is 12.6. The summed E-state index contributed by atoms with van der Waals surface area (Å²) in [5, 5.41) is 2.80. The molecule has 1 atom stereocenters. The van der Waals surface area contributed by atoms with E-state index in [4.69, 9.17) is 0 Å². The standard InChI is InChI=1S/C20H26N2O3S/c1-14(2)17-8-10-18(11-9-17)21-20(23)16(4)22(26(5,24)25)19-12-6-15(3)7-13-19/h6-14,16H,1-5H3,(H,21,23)/t16-/m0/s1. The topological polar surface area (TPSA) is 66.5 Å². The molecule has 0 bridgehead atoms. The number of rotatable bonds is 6. The third-order valence-corrected chi connectivity index (χ3v) is 5.46. The van der Waals surface area contributed by atoms with Crippen LogP contribution in [0, 0.1) is 6.92 Å². The first kappa shape index (κ1) is 20.0. The summed E-state index contributed by atoms with van der Waals surface area (Å²) in [6, 6.07) is 13.8. The summed E-state index contributed by atoms with van der Waals surface area (Å²) >= 11 is 0. The van der Waals surface area contributed by atoms with Crippen molar-refractivity contribution in [3.8, 4) is 0 Å². The third-order valence-electron chi connectivity index (χ3n) is 4.22. The fourth-order valence-electron chi connectivity index (χ4n) is 2.70. The SMILES string of the molecule is Cc1ccc(N([C@@H](C)C(=O)Nc2ccc(C(C)C)cc2)S(C)(=O)=O)cc1. The van der Waals surface area contributed by atoms with E-state index in [9.17, 15) is 13.2 Å². The molecule has 0 fully saturated rings. The number of nitrogens with zero attached hydrogens (tertiary/aromatic N) is 1. The van der Waals surface area contributed by atoms with Crippen LogP contribution < -0.4 is 9.62 Å². The molecule has 140 valence electrons. The first-order chi connectivity index (χ1) is 12.1. The number of sulfonamides is 1. The predicted molar refractivity (Wildman–Crippen MR) is 107 cm³/mol. The van der Waals surface area contributed by atoms with Crippen molar-refractivity contribution in [1.82, 2.24) is 0 Å². The van der Waals surface area contributed by atoms with Gasteiger partial charge >= 0.3 is 0 Å². The van der Waals surface area contributed by atoms with Crippen LogP contribution in [0.5, 0.6) is 0 Å². The molecule has 0 saturated heterocycles. The number of nitrogens with one attached hydrogen (secondary N) is 1. The molecule has 6 heteroatoms. The van der Waals surface area contributed by atoms with Crippen LogP contribution in [-0.4, -0.2) is 26.6 Å². The molecule has 0 saturated carbocycles. The first-order valence-corrected chi connectivity index (χ1v) is 10.4. The van der Waals surface area contributed by atoms with Gasteiger partial charge in [-0.2, -0.15) is 0 Å². The number of anilines is 2. The Kier molecular flexibility index (Phi) is 6.08. The van der Waals surface area contributed by atoms with Crippen LogP contribution in [0.15, 0.2) is 48.5 Å². The molecule has 0 unspecified atom stereocenters. The van der Waals surface area contributed by atoms with Gasteiger partial charge < -0.3 is 5.32 Å². The van der Waals surface area contributed by atoms with Gasteiger partial charge in [-0.15, -0.1) is 0 Å². The normalized spacial score (nSPS) is 12.7. The van der Waals surface area contributed by atoms with E-state index in [1.165, 1.54) is 5.56 Å². The molecule has 0 spiro atoms. The van der Waals surface area contributed by atoms with Gasteiger partial charge in [-0.1, -0.05) is 43.7 Å². The quantitative estimate of drug-likeness (QED) is 0.833. The number of carbonyl (C=O) groups is 1. The second-order valence-corrected chi connectivity index (χ2v) is 8.70. The van der Waals surface area contributed by atoms with Crippen molar-refractivity contribution in [2.24, 2.45) is 0 Å². The molecular weight excluding hydrogens is 348 g/mol. The molecule has 0 aromatic heterocycles. The molecule has 0 heterocycles. The lowest BCUT2D eigenvalue weighted by Gasteiger charge is -2.28. The van der Waals surface area contributed by atoms with Crippen LogP contribution in [0.1, 0.15) is 37.8 Å². The van der Waals surface area contributed by atoms with E-state index in [-0.39, 0.29) is 5.91 Å². The summed E-state index contributed by atoms with van der Waals surface area (Å²) < 4.78 is 25.7. The Morgan fingerprint density at radius 1 is 0.962 bits per heavy atom. The minimum Gasteiger partial charge on any atom is -0.324 e. The zero-order valence-corrected chi connectivity index (χ0v) is 16.7. The highest BCUT2D eigenvalue weighted by Gasteiger charge is 2.29. The number of amides is 1. The number of hydrogen-bond donors (Lipinski definition) is 1. The summed E-state index contributed by atoms with van der Waals surface area (Å²) in [7, 11) is -3.61. The van der Waals surface area contributed by atoms with Crippen LogP contribution in [0.3, 0.4) is 0 Å². The number of aryl methyl sites for hydroxylation is 1. The van der Waals surface area contributed by atoms with Crippen molar-refractivity contribution in [3.63, 3.8) is 0 Å². The second-order valence-electron chi connectivity index (χ2n) is 6.84. The minimum atomic E-state index is -3.61. The van der Waals surface area contributed by atoms with Gasteiger partial charge in [-0.3, -0.25) is 9.10 Å². The Hall–Kier alpha value is -2.34. The van der Waals surface area contributed by atoms with E-state index < -0.39 is 16.1 Å². The highest BCUT2D eigenvalue weighted by molar-refractivity contribution is 7.92. The lowest BCUT2D eigenvalue weighted by atomic mass is 10.0. The Labute approximate surface area is 156 Å². The highest BCUT2D eigenvalue weighted by atomic mass is 32.2. The Morgan fingerprint density at radius 2 is 1.50 bits per heavy atom. The largest absolute Gasteiger partial charge is 0.324 e. The van der Waals surface area contributed by atoms with Crippen molar-refractivity contribution >= 4 is 27.3 Å². The van der Waals surface area contributed by atoms with E-state index >= 15 is 0 Å². The van der Waals surface area contributed by atoms with E-state index in [1.54, 1.807) is 19.1 Å². The van der Waals surface area contributed by atoms with E-state index in [2.05, 4.69) is 19.2 Å². The maximum absolute atomic E-state index is 12.6. The van der Waals surface area contributed by atoms with Crippen molar-refractivity contribution in [3.05, 3.63) is 59.7 Å². The summed E-state index contributed by atoms with van der Waals surface area (Å²) in [4.78, 5) is 12.6. The maximum Gasteiger partial charge on any atom is 0.247 e. The lowest BCUT2D eigenvalue weighted by molar-refractivity contribution is -0.116. The summed E-state index contributed by atoms with van der Waals surface area (Å²) in [5.74, 6) is 0.0224. The highest BCUT2D eigenvalue weighted by Crippen LogP contribution is 2.23. The van der Waals surface area contributed by atoms with Crippen molar-refractivity contribution in [1.29, 1.82) is 0 Å². The summed E-state index contributed by atoms with van der Waals surface area (Å²) in [6.45, 7) is 7.70. The van der Waals surface area contributed by atoms with Gasteiger partial charge in [0.2, 0.25) is 15.9 Å². The molecule has 0 aliphatic heterocycles. The smallest absolute Gasteiger partial charge is 0.247 e. The molecule has 0 aliphatic rings. The van der Waals surface area contributed by atoms with Gasteiger partial charge in [0.15, 0.2) is 0 Å². The van der Waals surface area contributed by atoms with Gasteiger partial charge in [0, 0.05) is 5.69 Å². The van der Waals surface area contributed by atoms with Gasteiger partial charge in [0.1, 0.15) is 6.04 Å². The lowest BCUT2D eigenvalue weighted by Crippen LogP contribution is -2.45. The summed E-state index contributed by atoms with van der Waals surface area (Å²) in [6.07, 6.45) is 1.11. The van der Waals surface area contributed by atoms with Crippen LogP contribution in [-0.2, 0) is 14.8 Å². The molecule has 0 radical (unpaired) electrons. The first-order valence-electron chi connectivity index (χ1n) is 8.56. The minimum absolute atomic E-state index is 0.381. The van der Waals surface area contributed by atoms with Crippen molar-refractivity contribution in [2.75, 3.05) is 15.9 Å². The molecule has 1 N–H and O–H groups in total.